The molecule has 0 saturated heterocycles. The van der Waals surface area contributed by atoms with Crippen LogP contribution >= 0.6 is 0 Å². The van der Waals surface area contributed by atoms with Gasteiger partial charge < -0.3 is 37.9 Å². The zero-order valence-electron chi connectivity index (χ0n) is 65.3. The summed E-state index contributed by atoms with van der Waals surface area (Å²) in [6.45, 7) is 4.38. The van der Waals surface area contributed by atoms with Crippen molar-refractivity contribution in [3.05, 3.63) is 102 Å². The van der Waals surface area contributed by atoms with E-state index < -0.39 is 91.7 Å². The van der Waals surface area contributed by atoms with E-state index in [0.717, 1.165) is 57.8 Å². The Bertz CT molecular complexity index is 3300. The van der Waals surface area contributed by atoms with Gasteiger partial charge in [-0.05, 0) is 117 Å². The Morgan fingerprint density at radius 2 is 0.596 bits per heavy atom. The molecule has 0 saturated carbocycles. The van der Waals surface area contributed by atoms with E-state index in [9.17, 15) is 93.8 Å². The van der Waals surface area contributed by atoms with E-state index in [0.29, 0.717) is 37.1 Å². The Hall–Kier alpha value is -7.31. The standard InChI is InChI=1S/C83H111F17O14/c1-4-7-10-13-16-19-22-25-28-31-34-38-56-106-69-59-64(60-70(107-57-39-35-32-29-26-23-20-17-14-11-8-5-2)72(69)108-58-40-36-33-30-27-24-21-18-15-12-9-6-3)75(104)112-66-49-45-63(46-50-66)74(103)111-68-53-51-67(52-54-68)110-73(102)62-43-47-65(48-44-62)105-55-41-37-42-71(101)109-61-76(84,79(88,89)90)113-83(99,100)78(87,81(94,95)96)114-82(97,98)77(85,86)80(91,92)93/h43-54,59-60H,4-42,55-58,61H2,1-3H3. The normalized spacial score (nSPS) is 13.4. The summed E-state index contributed by atoms with van der Waals surface area (Å²) in [6, 6.07) is 19.4. The largest absolute Gasteiger partial charge is 0.494 e. The molecule has 0 bridgehead atoms. The molecule has 0 radical (unpaired) electrons. The number of alkyl halides is 17. The third kappa shape index (κ3) is 35.3. The topological polar surface area (TPSA) is 161 Å². The lowest BCUT2D eigenvalue weighted by Gasteiger charge is -2.40. The highest BCUT2D eigenvalue weighted by Gasteiger charge is 2.85. The monoisotopic (exact) mass is 1650 g/mol. The first-order valence-corrected chi connectivity index (χ1v) is 40.0. The maximum absolute atomic E-state index is 14.8. The molecular weight excluding hydrogens is 1540 g/mol. The predicted molar refractivity (Wildman–Crippen MR) is 394 cm³/mol. The van der Waals surface area contributed by atoms with Crippen molar-refractivity contribution in [2.24, 2.45) is 0 Å². The van der Waals surface area contributed by atoms with Gasteiger partial charge in [0.25, 0.3) is 0 Å². The van der Waals surface area contributed by atoms with E-state index in [2.05, 4.69) is 30.2 Å². The lowest BCUT2D eigenvalue weighted by molar-refractivity contribution is -0.552. The van der Waals surface area contributed by atoms with Gasteiger partial charge in [0.2, 0.25) is 5.75 Å². The second kappa shape index (κ2) is 51.0. The molecule has 2 unspecified atom stereocenters. The average molecular weight is 1660 g/mol. The van der Waals surface area contributed by atoms with Crippen molar-refractivity contribution in [2.75, 3.05) is 33.0 Å². The van der Waals surface area contributed by atoms with Gasteiger partial charge in [0, 0.05) is 6.42 Å². The zero-order chi connectivity index (χ0) is 84.2. The van der Waals surface area contributed by atoms with Gasteiger partial charge in [-0.15, -0.1) is 0 Å². The summed E-state index contributed by atoms with van der Waals surface area (Å²) >= 11 is 0. The van der Waals surface area contributed by atoms with Gasteiger partial charge in [-0.3, -0.25) is 14.3 Å². The summed E-state index contributed by atoms with van der Waals surface area (Å²) in [5, 5.41) is 0. The molecular formula is C83H111F17O14. The van der Waals surface area contributed by atoms with Crippen LogP contribution in [0, 0.1) is 0 Å². The van der Waals surface area contributed by atoms with E-state index in [-0.39, 0.29) is 52.7 Å². The van der Waals surface area contributed by atoms with E-state index in [1.54, 1.807) is 12.1 Å². The molecule has 0 N–H and O–H groups in total. The number of halogens is 17. The van der Waals surface area contributed by atoms with Gasteiger partial charge in [0.05, 0.1) is 43.1 Å². The van der Waals surface area contributed by atoms with Crippen LogP contribution in [-0.2, 0) is 19.0 Å². The molecule has 4 rings (SSSR count). The minimum absolute atomic E-state index is 0.0117. The second-order valence-corrected chi connectivity index (χ2v) is 28.3. The second-order valence-electron chi connectivity index (χ2n) is 28.3. The Morgan fingerprint density at radius 3 is 0.930 bits per heavy atom. The highest BCUT2D eigenvalue weighted by molar-refractivity contribution is 5.94. The lowest BCUT2D eigenvalue weighted by Crippen LogP contribution is -2.67. The fourth-order valence-corrected chi connectivity index (χ4v) is 11.8. The molecule has 0 aliphatic heterocycles. The third-order valence-electron chi connectivity index (χ3n) is 18.6. The molecule has 114 heavy (non-hydrogen) atoms. The fourth-order valence-electron chi connectivity index (χ4n) is 11.8. The first-order valence-electron chi connectivity index (χ1n) is 40.0. The Kier molecular flexibility index (Phi) is 44.3. The van der Waals surface area contributed by atoms with Crippen LogP contribution in [0.25, 0.3) is 0 Å². The predicted octanol–water partition coefficient (Wildman–Crippen LogP) is 26.5. The number of rotatable bonds is 62. The minimum Gasteiger partial charge on any atom is -0.494 e. The molecule has 14 nitrogen and oxygen atoms in total. The van der Waals surface area contributed by atoms with E-state index in [1.165, 1.54) is 251 Å². The highest BCUT2D eigenvalue weighted by atomic mass is 19.4. The lowest BCUT2D eigenvalue weighted by atomic mass is 10.1. The Labute approximate surface area is 657 Å². The highest BCUT2D eigenvalue weighted by Crippen LogP contribution is 2.57. The van der Waals surface area contributed by atoms with Crippen molar-refractivity contribution in [1.82, 2.24) is 0 Å². The first-order chi connectivity index (χ1) is 54.0. The van der Waals surface area contributed by atoms with Gasteiger partial charge in [0.15, 0.2) is 18.1 Å². The zero-order valence-corrected chi connectivity index (χ0v) is 65.3. The summed E-state index contributed by atoms with van der Waals surface area (Å²) in [7, 11) is 0. The number of hydrogen-bond donors (Lipinski definition) is 0. The smallest absolute Gasteiger partial charge is 0.462 e. The summed E-state index contributed by atoms with van der Waals surface area (Å²) in [6.07, 6.45) is 2.61. The van der Waals surface area contributed by atoms with Gasteiger partial charge in [-0.1, -0.05) is 233 Å². The maximum atomic E-state index is 14.8. The summed E-state index contributed by atoms with van der Waals surface area (Å²) < 4.78 is 278. The van der Waals surface area contributed by atoms with Crippen LogP contribution in [0.2, 0.25) is 0 Å². The van der Waals surface area contributed by atoms with Crippen molar-refractivity contribution in [1.29, 1.82) is 0 Å². The summed E-state index contributed by atoms with van der Waals surface area (Å²) in [4.78, 5) is 52.6. The van der Waals surface area contributed by atoms with Crippen LogP contribution in [0.5, 0.6) is 40.2 Å². The van der Waals surface area contributed by atoms with Gasteiger partial charge >= 0.3 is 72.3 Å². The van der Waals surface area contributed by atoms with Gasteiger partial charge in [0.1, 0.15) is 23.0 Å². The van der Waals surface area contributed by atoms with Crippen LogP contribution in [0.3, 0.4) is 0 Å². The van der Waals surface area contributed by atoms with E-state index >= 15 is 0 Å². The van der Waals surface area contributed by atoms with Crippen molar-refractivity contribution in [2.45, 2.75) is 320 Å². The first kappa shape index (κ1) is 99.1. The average Bonchev–Trinajstić information content (AvgIpc) is 0.725. The molecule has 0 aromatic heterocycles. The molecule has 646 valence electrons. The Morgan fingerprint density at radius 1 is 0.298 bits per heavy atom. The number of carbonyl (C=O) groups is 4. The third-order valence-corrected chi connectivity index (χ3v) is 18.6. The van der Waals surface area contributed by atoms with Gasteiger partial charge in [-0.25, -0.2) is 14.4 Å². The van der Waals surface area contributed by atoms with Crippen molar-refractivity contribution in [3.63, 3.8) is 0 Å². The molecule has 0 aliphatic rings. The van der Waals surface area contributed by atoms with E-state index in [4.69, 9.17) is 33.2 Å². The number of esters is 4. The molecule has 31 heteroatoms. The van der Waals surface area contributed by atoms with Crippen LogP contribution in [-0.4, -0.2) is 105 Å². The number of unbranched alkanes of at least 4 members (excludes halogenated alkanes) is 34. The molecule has 4 aromatic rings. The number of carbonyl (C=O) groups excluding carboxylic acids is 4. The molecule has 0 heterocycles. The number of ether oxygens (including phenoxy) is 10. The summed E-state index contributed by atoms with van der Waals surface area (Å²) in [5.74, 6) is -25.3. The number of hydrogen-bond acceptors (Lipinski definition) is 14. The van der Waals surface area contributed by atoms with Crippen LogP contribution in [0.15, 0.2) is 84.9 Å². The SMILES string of the molecule is CCCCCCCCCCCCCCOc1cc(C(=O)Oc2ccc(C(=O)Oc3ccc(OC(=O)c4ccc(OCCCCC(=O)OCC(F)(OC(F)(F)C(F)(OC(F)(F)C(F)(F)C(F)(F)F)C(F)(F)F)C(F)(F)F)cc4)cc3)cc2)cc(OCCCCCCCCCCCCCC)c1OCCCCCCCCCCCCCC. The molecule has 0 aliphatic carbocycles. The molecule has 0 amide bonds. The van der Waals surface area contributed by atoms with Crippen molar-refractivity contribution < 1.29 is 141 Å². The summed E-state index contributed by atoms with van der Waals surface area (Å²) in [5.41, 5.74) is 0.249. The Balaban J connectivity index is 1.33. The fraction of sp³-hybridized carbons (Fsp3) is 0.663. The van der Waals surface area contributed by atoms with Crippen LogP contribution < -0.4 is 33.2 Å². The van der Waals surface area contributed by atoms with Crippen LogP contribution in [0.4, 0.5) is 74.6 Å². The van der Waals surface area contributed by atoms with Crippen molar-refractivity contribution >= 4 is 23.9 Å². The van der Waals surface area contributed by atoms with Gasteiger partial charge in [-0.2, -0.15) is 74.6 Å². The molecule has 0 spiro atoms. The molecule has 0 fully saturated rings. The molecule has 4 aromatic carbocycles. The van der Waals surface area contributed by atoms with Crippen LogP contribution in [0.1, 0.15) is 302 Å². The van der Waals surface area contributed by atoms with E-state index in [1.807, 2.05) is 0 Å². The number of benzene rings is 4. The molecule has 2 atom stereocenters. The quantitative estimate of drug-likeness (QED) is 0.0178. The minimum atomic E-state index is -8.07. The maximum Gasteiger partial charge on any atom is 0.462 e. The van der Waals surface area contributed by atoms with Crippen molar-refractivity contribution in [3.8, 4) is 40.2 Å².